The van der Waals surface area contributed by atoms with Gasteiger partial charge in [-0.3, -0.25) is 0 Å². The minimum atomic E-state index is -0.156. The van der Waals surface area contributed by atoms with Gasteiger partial charge in [-0.15, -0.1) is 0 Å². The summed E-state index contributed by atoms with van der Waals surface area (Å²) in [4.78, 5) is 0. The molecule has 0 fully saturated rings. The second kappa shape index (κ2) is 5.56. The molecule has 15 heavy (non-hydrogen) atoms. The lowest BCUT2D eigenvalue weighted by Gasteiger charge is -2.14. The Morgan fingerprint density at radius 1 is 1.33 bits per heavy atom. The molecule has 1 aromatic rings. The minimum absolute atomic E-state index is 0.156. The van der Waals surface area contributed by atoms with Crippen LogP contribution >= 0.6 is 23.2 Å². The quantitative estimate of drug-likeness (QED) is 0.893. The summed E-state index contributed by atoms with van der Waals surface area (Å²) in [6.07, 6.45) is 0. The van der Waals surface area contributed by atoms with Gasteiger partial charge in [0.2, 0.25) is 0 Å². The van der Waals surface area contributed by atoms with Crippen molar-refractivity contribution < 1.29 is 14.6 Å². The van der Waals surface area contributed by atoms with Crippen molar-refractivity contribution in [3.8, 4) is 5.75 Å². The highest BCUT2D eigenvalue weighted by molar-refractivity contribution is 6.42. The zero-order valence-corrected chi connectivity index (χ0v) is 10.0. The normalized spacial score (nSPS) is 10.5. The number of hydrogen-bond acceptors (Lipinski definition) is 3. The first-order chi connectivity index (χ1) is 7.15. The Bertz CT molecular complexity index is 353. The summed E-state index contributed by atoms with van der Waals surface area (Å²) < 4.78 is 10.2. The zero-order valence-electron chi connectivity index (χ0n) is 8.51. The lowest BCUT2D eigenvalue weighted by atomic mass is 10.1. The van der Waals surface area contributed by atoms with E-state index in [0.717, 1.165) is 0 Å². The predicted octanol–water partition coefficient (Wildman–Crippen LogP) is 2.64. The summed E-state index contributed by atoms with van der Waals surface area (Å²) in [6, 6.07) is 1.59. The zero-order chi connectivity index (χ0) is 11.4. The Hall–Kier alpha value is -0.480. The second-order valence-corrected chi connectivity index (χ2v) is 3.72. The largest absolute Gasteiger partial charge is 0.496 e. The molecule has 0 aliphatic heterocycles. The second-order valence-electron chi connectivity index (χ2n) is 2.93. The van der Waals surface area contributed by atoms with Crippen molar-refractivity contribution in [1.82, 2.24) is 0 Å². The van der Waals surface area contributed by atoms with Crippen LogP contribution in [0.3, 0.4) is 0 Å². The van der Waals surface area contributed by atoms with Gasteiger partial charge in [0.15, 0.2) is 0 Å². The van der Waals surface area contributed by atoms with E-state index >= 15 is 0 Å². The molecule has 0 unspecified atom stereocenters. The maximum atomic E-state index is 9.14. The lowest BCUT2D eigenvalue weighted by molar-refractivity contribution is 0.181. The first kappa shape index (κ1) is 12.6. The molecular formula is C10H12Cl2O3. The van der Waals surface area contributed by atoms with Crippen LogP contribution in [0.2, 0.25) is 10.0 Å². The lowest BCUT2D eigenvalue weighted by Crippen LogP contribution is -2.00. The summed E-state index contributed by atoms with van der Waals surface area (Å²) in [6.45, 7) is 0.131. The molecule has 0 saturated carbocycles. The van der Waals surface area contributed by atoms with Crippen molar-refractivity contribution in [2.45, 2.75) is 13.2 Å². The Kier molecular flexibility index (Phi) is 4.67. The maximum absolute atomic E-state index is 9.14. The highest BCUT2D eigenvalue weighted by Gasteiger charge is 2.16. The Morgan fingerprint density at radius 2 is 2.00 bits per heavy atom. The van der Waals surface area contributed by atoms with Crippen LogP contribution in [0.15, 0.2) is 6.07 Å². The fourth-order valence-electron chi connectivity index (χ4n) is 1.36. The topological polar surface area (TPSA) is 38.7 Å². The number of aliphatic hydroxyl groups excluding tert-OH is 1. The summed E-state index contributed by atoms with van der Waals surface area (Å²) in [5.41, 5.74) is 1.25. The van der Waals surface area contributed by atoms with E-state index in [2.05, 4.69) is 0 Å². The van der Waals surface area contributed by atoms with Crippen LogP contribution in [0.5, 0.6) is 5.75 Å². The highest BCUT2D eigenvalue weighted by atomic mass is 35.5. The number of methoxy groups -OCH3 is 2. The molecule has 0 amide bonds. The van der Waals surface area contributed by atoms with E-state index in [1.165, 1.54) is 7.11 Å². The molecule has 0 atom stereocenters. The summed E-state index contributed by atoms with van der Waals surface area (Å²) in [7, 11) is 3.06. The smallest absolute Gasteiger partial charge is 0.131 e. The van der Waals surface area contributed by atoms with Crippen LogP contribution in [0.1, 0.15) is 11.1 Å². The van der Waals surface area contributed by atoms with Crippen LogP contribution in [0.25, 0.3) is 0 Å². The third-order valence-electron chi connectivity index (χ3n) is 2.00. The number of hydrogen-bond donors (Lipinski definition) is 1. The molecule has 84 valence electrons. The van der Waals surface area contributed by atoms with Crippen molar-refractivity contribution >= 4 is 23.2 Å². The molecular weight excluding hydrogens is 239 g/mol. The van der Waals surface area contributed by atoms with E-state index in [1.54, 1.807) is 13.2 Å². The van der Waals surface area contributed by atoms with Crippen molar-refractivity contribution in [2.24, 2.45) is 0 Å². The minimum Gasteiger partial charge on any atom is -0.496 e. The van der Waals surface area contributed by atoms with Gasteiger partial charge in [-0.25, -0.2) is 0 Å². The maximum Gasteiger partial charge on any atom is 0.131 e. The van der Waals surface area contributed by atoms with Crippen LogP contribution in [0, 0.1) is 0 Å². The van der Waals surface area contributed by atoms with E-state index in [0.29, 0.717) is 26.9 Å². The van der Waals surface area contributed by atoms with Gasteiger partial charge in [0.05, 0.1) is 30.4 Å². The number of benzene rings is 1. The van der Waals surface area contributed by atoms with E-state index in [9.17, 15) is 0 Å². The molecule has 1 N–H and O–H groups in total. The van der Waals surface area contributed by atoms with Crippen LogP contribution in [0.4, 0.5) is 0 Å². The van der Waals surface area contributed by atoms with E-state index < -0.39 is 0 Å². The Balaban J connectivity index is 3.35. The van der Waals surface area contributed by atoms with Gasteiger partial charge < -0.3 is 14.6 Å². The summed E-state index contributed by atoms with van der Waals surface area (Å²) in [5, 5.41) is 9.91. The highest BCUT2D eigenvalue weighted by Crippen LogP contribution is 2.36. The van der Waals surface area contributed by atoms with E-state index in [1.807, 2.05) is 0 Å². The molecule has 0 aliphatic carbocycles. The number of ether oxygens (including phenoxy) is 2. The fraction of sp³-hybridized carbons (Fsp3) is 0.400. The molecule has 0 saturated heterocycles. The van der Waals surface area contributed by atoms with E-state index in [-0.39, 0.29) is 13.2 Å². The average Bonchev–Trinajstić information content (AvgIpc) is 2.24. The molecule has 5 heteroatoms. The molecule has 0 heterocycles. The first-order valence-electron chi connectivity index (χ1n) is 4.29. The van der Waals surface area contributed by atoms with Gasteiger partial charge in [-0.05, 0) is 6.07 Å². The summed E-state index contributed by atoms with van der Waals surface area (Å²) in [5.74, 6) is 0.522. The summed E-state index contributed by atoms with van der Waals surface area (Å²) >= 11 is 11.9. The van der Waals surface area contributed by atoms with Gasteiger partial charge in [0, 0.05) is 18.2 Å². The molecule has 0 aliphatic rings. The van der Waals surface area contributed by atoms with Gasteiger partial charge in [0.25, 0.3) is 0 Å². The third-order valence-corrected chi connectivity index (χ3v) is 2.83. The van der Waals surface area contributed by atoms with Gasteiger partial charge in [-0.1, -0.05) is 23.2 Å². The van der Waals surface area contributed by atoms with Crippen LogP contribution < -0.4 is 4.74 Å². The van der Waals surface area contributed by atoms with Crippen molar-refractivity contribution in [3.63, 3.8) is 0 Å². The number of rotatable bonds is 4. The average molecular weight is 251 g/mol. The van der Waals surface area contributed by atoms with Crippen LogP contribution in [-0.2, 0) is 18.0 Å². The SMILES string of the molecule is COCc1c(Cl)c(Cl)cc(CO)c1OC. The molecule has 1 aromatic carbocycles. The predicted molar refractivity (Wildman–Crippen MR) is 59.6 cm³/mol. The van der Waals surface area contributed by atoms with E-state index in [4.69, 9.17) is 37.8 Å². The number of halogens is 2. The Labute approximate surface area is 98.5 Å². The monoisotopic (exact) mass is 250 g/mol. The van der Waals surface area contributed by atoms with Crippen molar-refractivity contribution in [1.29, 1.82) is 0 Å². The molecule has 1 rings (SSSR count). The molecule has 0 aromatic heterocycles. The molecule has 0 radical (unpaired) electrons. The van der Waals surface area contributed by atoms with Gasteiger partial charge in [0.1, 0.15) is 5.75 Å². The van der Waals surface area contributed by atoms with Gasteiger partial charge in [-0.2, -0.15) is 0 Å². The number of aliphatic hydroxyl groups is 1. The molecule has 0 bridgehead atoms. The van der Waals surface area contributed by atoms with Crippen LogP contribution in [-0.4, -0.2) is 19.3 Å². The van der Waals surface area contributed by atoms with Crippen molar-refractivity contribution in [3.05, 3.63) is 27.2 Å². The fourth-order valence-corrected chi connectivity index (χ4v) is 1.81. The third kappa shape index (κ3) is 2.55. The van der Waals surface area contributed by atoms with Crippen molar-refractivity contribution in [2.75, 3.05) is 14.2 Å². The first-order valence-corrected chi connectivity index (χ1v) is 5.04. The standard InChI is InChI=1S/C10H12Cl2O3/c1-14-5-7-9(12)8(11)3-6(4-13)10(7)15-2/h3,13H,4-5H2,1-2H3. The molecule has 0 spiro atoms. The Morgan fingerprint density at radius 3 is 2.47 bits per heavy atom. The molecule has 3 nitrogen and oxygen atoms in total. The van der Waals surface area contributed by atoms with Gasteiger partial charge >= 0.3 is 0 Å².